The number of rotatable bonds is 5. The third-order valence-electron chi connectivity index (χ3n) is 6.15. The van der Waals surface area contributed by atoms with Crippen molar-refractivity contribution in [1.82, 2.24) is 33.9 Å². The van der Waals surface area contributed by atoms with Gasteiger partial charge < -0.3 is 0 Å². The minimum atomic E-state index is 0.263. The second-order valence-corrected chi connectivity index (χ2v) is 8.69. The van der Waals surface area contributed by atoms with Crippen LogP contribution in [-0.2, 0) is 6.54 Å². The van der Waals surface area contributed by atoms with Crippen LogP contribution < -0.4 is 0 Å². The van der Waals surface area contributed by atoms with E-state index in [1.165, 1.54) is 5.56 Å². The molecule has 0 radical (unpaired) electrons. The summed E-state index contributed by atoms with van der Waals surface area (Å²) < 4.78 is 4.23. The van der Waals surface area contributed by atoms with Crippen molar-refractivity contribution in [2.24, 2.45) is 0 Å². The topological polar surface area (TPSA) is 54.5 Å². The number of hydrogen-bond acceptors (Lipinski definition) is 5. The van der Waals surface area contributed by atoms with Gasteiger partial charge in [0.25, 0.3) is 0 Å². The van der Waals surface area contributed by atoms with Gasteiger partial charge in [-0.3, -0.25) is 23.9 Å². The molecule has 160 valence electrons. The molecule has 1 fully saturated rings. The molecule has 1 saturated heterocycles. The molecule has 4 aromatic rings. The van der Waals surface area contributed by atoms with Crippen molar-refractivity contribution < 1.29 is 0 Å². The number of hydrogen-bond donors (Lipinski definition) is 0. The second-order valence-electron chi connectivity index (χ2n) is 8.69. The molecule has 31 heavy (non-hydrogen) atoms. The average Bonchev–Trinajstić information content (AvgIpc) is 3.42. The lowest BCUT2D eigenvalue weighted by molar-refractivity contribution is 0.0885. The minimum Gasteiger partial charge on any atom is -0.299 e. The number of piperazine rings is 1. The molecule has 0 unspecified atom stereocenters. The number of nitrogens with zero attached hydrogens (tertiary/aromatic N) is 7. The fourth-order valence-electron chi connectivity index (χ4n) is 4.34. The molecule has 0 N–H and O–H groups in total. The van der Waals surface area contributed by atoms with Crippen LogP contribution >= 0.6 is 0 Å². The molecule has 4 aromatic heterocycles. The smallest absolute Gasteiger partial charge is 0.137 e. The first kappa shape index (κ1) is 19.9. The third-order valence-corrected chi connectivity index (χ3v) is 6.15. The monoisotopic (exact) mass is 415 g/mol. The molecule has 0 saturated carbocycles. The van der Waals surface area contributed by atoms with Gasteiger partial charge in [-0.05, 0) is 45.2 Å². The maximum Gasteiger partial charge on any atom is 0.137 e. The summed E-state index contributed by atoms with van der Waals surface area (Å²) in [6.07, 6.45) is 10.0. The molecular formula is C24H29N7. The van der Waals surface area contributed by atoms with E-state index in [0.717, 1.165) is 48.8 Å². The zero-order valence-electron chi connectivity index (χ0n) is 18.4. The van der Waals surface area contributed by atoms with E-state index in [1.54, 1.807) is 0 Å². The summed E-state index contributed by atoms with van der Waals surface area (Å²) in [4.78, 5) is 14.1. The lowest BCUT2D eigenvalue weighted by Gasteiger charge is -2.38. The zero-order valence-corrected chi connectivity index (χ0v) is 18.4. The Kier molecular flexibility index (Phi) is 5.29. The highest BCUT2D eigenvalue weighted by Gasteiger charge is 2.28. The van der Waals surface area contributed by atoms with Crippen molar-refractivity contribution in [3.05, 3.63) is 72.6 Å². The first-order valence-corrected chi connectivity index (χ1v) is 10.9. The lowest BCUT2D eigenvalue weighted by Crippen LogP contribution is -2.46. The Morgan fingerprint density at radius 3 is 2.68 bits per heavy atom. The van der Waals surface area contributed by atoms with E-state index < -0.39 is 0 Å². The Hall–Kier alpha value is -3.03. The van der Waals surface area contributed by atoms with E-state index in [2.05, 4.69) is 75.8 Å². The molecule has 1 atom stereocenters. The number of imidazole rings is 1. The van der Waals surface area contributed by atoms with Gasteiger partial charge in [0.15, 0.2) is 0 Å². The van der Waals surface area contributed by atoms with E-state index in [4.69, 9.17) is 4.98 Å². The molecule has 1 aliphatic rings. The predicted molar refractivity (Wildman–Crippen MR) is 122 cm³/mol. The lowest BCUT2D eigenvalue weighted by atomic mass is 10.1. The molecular weight excluding hydrogens is 386 g/mol. The number of aromatic nitrogens is 5. The first-order valence-electron chi connectivity index (χ1n) is 10.9. The Morgan fingerprint density at radius 1 is 1.06 bits per heavy atom. The van der Waals surface area contributed by atoms with E-state index in [-0.39, 0.29) is 6.04 Å². The van der Waals surface area contributed by atoms with Gasteiger partial charge in [0.1, 0.15) is 5.65 Å². The van der Waals surface area contributed by atoms with Crippen LogP contribution in [0.15, 0.2) is 61.3 Å². The molecule has 0 aliphatic carbocycles. The van der Waals surface area contributed by atoms with Crippen LogP contribution in [0.25, 0.3) is 16.9 Å². The normalized spacial score (nSPS) is 18.3. The molecule has 0 spiro atoms. The van der Waals surface area contributed by atoms with Crippen molar-refractivity contribution in [2.45, 2.75) is 32.5 Å². The van der Waals surface area contributed by atoms with Gasteiger partial charge in [-0.25, -0.2) is 4.98 Å². The van der Waals surface area contributed by atoms with Gasteiger partial charge in [-0.2, -0.15) is 5.10 Å². The van der Waals surface area contributed by atoms with Crippen LogP contribution in [0.2, 0.25) is 0 Å². The zero-order chi connectivity index (χ0) is 21.4. The second kappa shape index (κ2) is 8.24. The summed E-state index contributed by atoms with van der Waals surface area (Å²) in [5, 5.41) is 4.50. The molecule has 5 heterocycles. The highest BCUT2D eigenvalue weighted by atomic mass is 15.3. The maximum atomic E-state index is 5.00. The van der Waals surface area contributed by atoms with E-state index in [0.29, 0.717) is 6.04 Å². The Labute approximate surface area is 183 Å². The third kappa shape index (κ3) is 3.98. The Morgan fingerprint density at radius 2 is 1.90 bits per heavy atom. The Balaban J connectivity index is 1.40. The summed E-state index contributed by atoms with van der Waals surface area (Å²) >= 11 is 0. The molecule has 0 bridgehead atoms. The van der Waals surface area contributed by atoms with Crippen LogP contribution in [0, 0.1) is 0 Å². The van der Waals surface area contributed by atoms with Crippen LogP contribution in [0.3, 0.4) is 0 Å². The largest absolute Gasteiger partial charge is 0.299 e. The van der Waals surface area contributed by atoms with Gasteiger partial charge in [0, 0.05) is 68.1 Å². The summed E-state index contributed by atoms with van der Waals surface area (Å²) in [5.41, 5.74) is 5.65. The minimum absolute atomic E-state index is 0.263. The fourth-order valence-corrected chi connectivity index (χ4v) is 4.34. The predicted octanol–water partition coefficient (Wildman–Crippen LogP) is 3.66. The van der Waals surface area contributed by atoms with Crippen LogP contribution in [0.5, 0.6) is 0 Å². The number of pyridine rings is 2. The van der Waals surface area contributed by atoms with Crippen molar-refractivity contribution in [1.29, 1.82) is 0 Å². The van der Waals surface area contributed by atoms with Gasteiger partial charge in [-0.1, -0.05) is 6.07 Å². The molecule has 0 amide bonds. The summed E-state index contributed by atoms with van der Waals surface area (Å²) in [7, 11) is 2.20. The quantitative estimate of drug-likeness (QED) is 0.498. The summed E-state index contributed by atoms with van der Waals surface area (Å²) in [6.45, 7) is 8.27. The standard InChI is InChI=1S/C24H29N7/c1-18(2)31-15-19(13-26-31)14-29-12-11-28(3)23(17-29)21-16-30-22(5-4-6-24(30)27-21)20-7-9-25-10-8-20/h4-10,13,15-16,18,23H,11-12,14,17H2,1-3H3/t23-/m1/s1. The van der Waals surface area contributed by atoms with E-state index in [1.807, 2.05) is 35.4 Å². The van der Waals surface area contributed by atoms with Gasteiger partial charge in [-0.15, -0.1) is 0 Å². The van der Waals surface area contributed by atoms with Gasteiger partial charge in [0.05, 0.1) is 23.6 Å². The van der Waals surface area contributed by atoms with Crippen LogP contribution in [-0.4, -0.2) is 60.6 Å². The van der Waals surface area contributed by atoms with Crippen molar-refractivity contribution in [2.75, 3.05) is 26.7 Å². The van der Waals surface area contributed by atoms with E-state index >= 15 is 0 Å². The highest BCUT2D eigenvalue weighted by Crippen LogP contribution is 2.27. The first-order chi connectivity index (χ1) is 15.1. The van der Waals surface area contributed by atoms with Crippen LogP contribution in [0.1, 0.15) is 37.2 Å². The maximum absolute atomic E-state index is 5.00. The molecule has 5 rings (SSSR count). The van der Waals surface area contributed by atoms with Crippen molar-refractivity contribution >= 4 is 5.65 Å². The SMILES string of the molecule is CC(C)n1cc(CN2CCN(C)[C@@H](c3cn4c(-c5ccncc5)cccc4n3)C2)cn1. The summed E-state index contributed by atoms with van der Waals surface area (Å²) in [6, 6.07) is 11.0. The number of likely N-dealkylation sites (N-methyl/N-ethyl adjacent to an activating group) is 1. The molecule has 7 nitrogen and oxygen atoms in total. The van der Waals surface area contributed by atoms with Crippen molar-refractivity contribution in [3.8, 4) is 11.3 Å². The van der Waals surface area contributed by atoms with Crippen molar-refractivity contribution in [3.63, 3.8) is 0 Å². The molecule has 0 aromatic carbocycles. The Bertz CT molecular complexity index is 1160. The summed E-state index contributed by atoms with van der Waals surface area (Å²) in [5.74, 6) is 0. The van der Waals surface area contributed by atoms with Crippen LogP contribution in [0.4, 0.5) is 0 Å². The molecule has 1 aliphatic heterocycles. The number of fused-ring (bicyclic) bond motifs is 1. The van der Waals surface area contributed by atoms with E-state index in [9.17, 15) is 0 Å². The van der Waals surface area contributed by atoms with Gasteiger partial charge >= 0.3 is 0 Å². The fraction of sp³-hybridized carbons (Fsp3) is 0.375. The average molecular weight is 416 g/mol. The van der Waals surface area contributed by atoms with Gasteiger partial charge in [0.2, 0.25) is 0 Å². The molecule has 7 heteroatoms. The highest BCUT2D eigenvalue weighted by molar-refractivity contribution is 5.63.